The van der Waals surface area contributed by atoms with Gasteiger partial charge in [-0.15, -0.1) is 0 Å². The predicted molar refractivity (Wildman–Crippen MR) is 73.5 cm³/mol. The highest BCUT2D eigenvalue weighted by Gasteiger charge is 2.42. The molecule has 0 saturated heterocycles. The monoisotopic (exact) mass is 247 g/mol. The molecule has 2 fully saturated rings. The summed E-state index contributed by atoms with van der Waals surface area (Å²) in [6.45, 7) is 6.76. The lowest BCUT2D eigenvalue weighted by atomic mass is 9.79. The largest absolute Gasteiger partial charge is 0.313 e. The zero-order valence-electron chi connectivity index (χ0n) is 11.7. The molecule has 0 aromatic carbocycles. The summed E-state index contributed by atoms with van der Waals surface area (Å²) in [7, 11) is 0. The Kier molecular flexibility index (Phi) is 3.18. The summed E-state index contributed by atoms with van der Waals surface area (Å²) < 4.78 is 2.04. The summed E-state index contributed by atoms with van der Waals surface area (Å²) in [4.78, 5) is 0. The molecule has 1 atom stereocenters. The Balaban J connectivity index is 1.64. The maximum absolute atomic E-state index is 4.40. The molecule has 100 valence electrons. The minimum absolute atomic E-state index is 0.435. The Hall–Kier alpha value is -0.830. The van der Waals surface area contributed by atoms with Crippen molar-refractivity contribution in [3.8, 4) is 0 Å². The maximum atomic E-state index is 4.40. The third kappa shape index (κ3) is 2.77. The molecule has 18 heavy (non-hydrogen) atoms. The SMILES string of the molecule is CCn1cc(CC(C)(CNC2CC2)C2CC2)cn1. The molecule has 0 spiro atoms. The van der Waals surface area contributed by atoms with Gasteiger partial charge in [0.25, 0.3) is 0 Å². The van der Waals surface area contributed by atoms with Crippen LogP contribution in [0.15, 0.2) is 12.4 Å². The minimum atomic E-state index is 0.435. The van der Waals surface area contributed by atoms with Gasteiger partial charge in [0.05, 0.1) is 6.20 Å². The molecule has 2 saturated carbocycles. The number of aryl methyl sites for hydroxylation is 1. The fourth-order valence-electron chi connectivity index (χ4n) is 2.93. The molecule has 1 heterocycles. The van der Waals surface area contributed by atoms with Crippen molar-refractivity contribution in [2.75, 3.05) is 6.54 Å². The second kappa shape index (κ2) is 4.69. The van der Waals surface area contributed by atoms with E-state index in [1.807, 2.05) is 4.68 Å². The molecule has 1 N–H and O–H groups in total. The molecule has 3 nitrogen and oxygen atoms in total. The van der Waals surface area contributed by atoms with E-state index >= 15 is 0 Å². The molecule has 0 bridgehead atoms. The molecule has 1 aromatic heterocycles. The first kappa shape index (κ1) is 12.2. The normalized spacial score (nSPS) is 23.0. The Labute approximate surface area is 110 Å². The molecule has 1 aromatic rings. The number of rotatable bonds is 7. The fraction of sp³-hybridized carbons (Fsp3) is 0.800. The van der Waals surface area contributed by atoms with Gasteiger partial charge in [0.1, 0.15) is 0 Å². The van der Waals surface area contributed by atoms with E-state index in [-0.39, 0.29) is 0 Å². The zero-order chi connectivity index (χ0) is 12.6. The van der Waals surface area contributed by atoms with Gasteiger partial charge in [-0.3, -0.25) is 4.68 Å². The standard InChI is InChI=1S/C15H25N3/c1-3-18-10-12(9-17-18)8-15(2,13-4-5-13)11-16-14-6-7-14/h9-10,13-14,16H,3-8,11H2,1-2H3. The summed E-state index contributed by atoms with van der Waals surface area (Å²) in [5.74, 6) is 0.925. The van der Waals surface area contributed by atoms with Crippen LogP contribution in [0.4, 0.5) is 0 Å². The molecule has 0 amide bonds. The molecule has 2 aliphatic carbocycles. The highest BCUT2D eigenvalue weighted by molar-refractivity contribution is 5.10. The Morgan fingerprint density at radius 2 is 2.17 bits per heavy atom. The van der Waals surface area contributed by atoms with Crippen LogP contribution in [0.2, 0.25) is 0 Å². The topological polar surface area (TPSA) is 29.9 Å². The zero-order valence-corrected chi connectivity index (χ0v) is 11.7. The summed E-state index contributed by atoms with van der Waals surface area (Å²) in [6, 6.07) is 0.821. The average Bonchev–Trinajstić information content (AvgIpc) is 3.25. The van der Waals surface area contributed by atoms with Crippen molar-refractivity contribution >= 4 is 0 Å². The van der Waals surface area contributed by atoms with Crippen molar-refractivity contribution in [1.82, 2.24) is 15.1 Å². The lowest BCUT2D eigenvalue weighted by Gasteiger charge is -2.30. The molecule has 3 rings (SSSR count). The molecule has 1 unspecified atom stereocenters. The summed E-state index contributed by atoms with van der Waals surface area (Å²) in [5, 5.41) is 8.13. The number of hydrogen-bond donors (Lipinski definition) is 1. The van der Waals surface area contributed by atoms with Crippen molar-refractivity contribution in [2.24, 2.45) is 11.3 Å². The van der Waals surface area contributed by atoms with Crippen LogP contribution in [0.5, 0.6) is 0 Å². The molecule has 0 radical (unpaired) electrons. The van der Waals surface area contributed by atoms with Crippen LogP contribution >= 0.6 is 0 Å². The maximum Gasteiger partial charge on any atom is 0.0521 e. The van der Waals surface area contributed by atoms with E-state index in [1.54, 1.807) is 0 Å². The van der Waals surface area contributed by atoms with Gasteiger partial charge >= 0.3 is 0 Å². The van der Waals surface area contributed by atoms with E-state index in [2.05, 4.69) is 36.7 Å². The van der Waals surface area contributed by atoms with Crippen LogP contribution in [0.25, 0.3) is 0 Å². The third-order valence-electron chi connectivity index (χ3n) is 4.55. The first-order valence-corrected chi connectivity index (χ1v) is 7.44. The molecular formula is C15H25N3. The lowest BCUT2D eigenvalue weighted by molar-refractivity contribution is 0.254. The van der Waals surface area contributed by atoms with Crippen molar-refractivity contribution in [1.29, 1.82) is 0 Å². The highest BCUT2D eigenvalue weighted by Crippen LogP contribution is 2.47. The molecule has 3 heteroatoms. The van der Waals surface area contributed by atoms with Gasteiger partial charge in [-0.25, -0.2) is 0 Å². The van der Waals surface area contributed by atoms with E-state index < -0.39 is 0 Å². The van der Waals surface area contributed by atoms with E-state index in [1.165, 1.54) is 44.2 Å². The summed E-state index contributed by atoms with van der Waals surface area (Å²) in [5.41, 5.74) is 1.84. The first-order valence-electron chi connectivity index (χ1n) is 7.44. The average molecular weight is 247 g/mol. The van der Waals surface area contributed by atoms with Crippen molar-refractivity contribution < 1.29 is 0 Å². The van der Waals surface area contributed by atoms with Crippen LogP contribution in [0.3, 0.4) is 0 Å². The number of nitrogens with one attached hydrogen (secondary N) is 1. The van der Waals surface area contributed by atoms with E-state index in [9.17, 15) is 0 Å². The van der Waals surface area contributed by atoms with Gasteiger partial charge in [0.2, 0.25) is 0 Å². The smallest absolute Gasteiger partial charge is 0.0521 e. The lowest BCUT2D eigenvalue weighted by Crippen LogP contribution is -2.36. The van der Waals surface area contributed by atoms with E-state index in [0.29, 0.717) is 5.41 Å². The van der Waals surface area contributed by atoms with Gasteiger partial charge < -0.3 is 5.32 Å². The second-order valence-electron chi connectivity index (χ2n) is 6.46. The van der Waals surface area contributed by atoms with Gasteiger partial charge in [0.15, 0.2) is 0 Å². The molecule has 0 aliphatic heterocycles. The van der Waals surface area contributed by atoms with Gasteiger partial charge in [-0.05, 0) is 55.9 Å². The number of nitrogens with zero attached hydrogens (tertiary/aromatic N) is 2. The van der Waals surface area contributed by atoms with Crippen LogP contribution in [0, 0.1) is 11.3 Å². The van der Waals surface area contributed by atoms with Crippen LogP contribution in [-0.2, 0) is 13.0 Å². The first-order chi connectivity index (χ1) is 8.69. The third-order valence-corrected chi connectivity index (χ3v) is 4.55. The predicted octanol–water partition coefficient (Wildman–Crippen LogP) is 2.61. The number of hydrogen-bond acceptors (Lipinski definition) is 2. The van der Waals surface area contributed by atoms with Crippen molar-refractivity contribution in [3.63, 3.8) is 0 Å². The van der Waals surface area contributed by atoms with Gasteiger partial charge in [0, 0.05) is 25.3 Å². The Bertz CT molecular complexity index is 404. The van der Waals surface area contributed by atoms with E-state index in [4.69, 9.17) is 0 Å². The van der Waals surface area contributed by atoms with E-state index in [0.717, 1.165) is 18.5 Å². The van der Waals surface area contributed by atoms with Gasteiger partial charge in [-0.2, -0.15) is 5.10 Å². The highest BCUT2D eigenvalue weighted by atomic mass is 15.3. The van der Waals surface area contributed by atoms with Crippen LogP contribution < -0.4 is 5.32 Å². The summed E-state index contributed by atoms with van der Waals surface area (Å²) >= 11 is 0. The Morgan fingerprint density at radius 3 is 2.72 bits per heavy atom. The van der Waals surface area contributed by atoms with Crippen molar-refractivity contribution in [2.45, 2.75) is 58.5 Å². The fourth-order valence-corrected chi connectivity index (χ4v) is 2.93. The van der Waals surface area contributed by atoms with Gasteiger partial charge in [-0.1, -0.05) is 6.92 Å². The molecular weight excluding hydrogens is 222 g/mol. The van der Waals surface area contributed by atoms with Crippen LogP contribution in [-0.4, -0.2) is 22.4 Å². The second-order valence-corrected chi connectivity index (χ2v) is 6.46. The van der Waals surface area contributed by atoms with Crippen LogP contribution in [0.1, 0.15) is 45.1 Å². The molecule has 2 aliphatic rings. The Morgan fingerprint density at radius 1 is 1.39 bits per heavy atom. The number of aromatic nitrogens is 2. The quantitative estimate of drug-likeness (QED) is 0.802. The summed E-state index contributed by atoms with van der Waals surface area (Å²) in [6.07, 6.45) is 11.1. The van der Waals surface area contributed by atoms with Crippen molar-refractivity contribution in [3.05, 3.63) is 18.0 Å². The minimum Gasteiger partial charge on any atom is -0.313 e.